The number of benzene rings is 2. The van der Waals surface area contributed by atoms with Gasteiger partial charge in [0.2, 0.25) is 11.8 Å². The number of carbonyl (C=O) groups excluding carboxylic acids is 3. The quantitative estimate of drug-likeness (QED) is 0.404. The predicted octanol–water partition coefficient (Wildman–Crippen LogP) is 3.13. The van der Waals surface area contributed by atoms with E-state index in [0.717, 1.165) is 16.9 Å². The number of thioether (sulfide) groups is 1. The summed E-state index contributed by atoms with van der Waals surface area (Å²) >= 11 is 1.48. The van der Waals surface area contributed by atoms with E-state index in [1.807, 2.05) is 82.3 Å². The molecule has 0 aliphatic carbocycles. The molecule has 0 bridgehead atoms. The van der Waals surface area contributed by atoms with Gasteiger partial charge >= 0.3 is 0 Å². The minimum Gasteiger partial charge on any atom is -0.497 e. The number of amides is 3. The molecular formula is C29H39N3O5S. The van der Waals surface area contributed by atoms with Crippen molar-refractivity contribution in [1.82, 2.24) is 15.5 Å². The summed E-state index contributed by atoms with van der Waals surface area (Å²) in [5.41, 5.74) is 1.79. The van der Waals surface area contributed by atoms with E-state index < -0.39 is 28.8 Å². The van der Waals surface area contributed by atoms with E-state index in [-0.39, 0.29) is 30.0 Å². The van der Waals surface area contributed by atoms with Crippen LogP contribution in [0.15, 0.2) is 54.6 Å². The third kappa shape index (κ3) is 7.29. The lowest BCUT2D eigenvalue weighted by Crippen LogP contribution is -2.59. The molecule has 3 amide bonds. The van der Waals surface area contributed by atoms with Crippen LogP contribution in [0.25, 0.3) is 0 Å². The number of nitrogens with zero attached hydrogens (tertiary/aromatic N) is 1. The molecule has 8 nitrogen and oxygen atoms in total. The lowest BCUT2D eigenvalue weighted by Gasteiger charge is -2.33. The first-order valence-electron chi connectivity index (χ1n) is 12.9. The number of rotatable bonds is 11. The van der Waals surface area contributed by atoms with Crippen LogP contribution in [0.2, 0.25) is 0 Å². The lowest BCUT2D eigenvalue weighted by molar-refractivity contribution is -0.148. The number of aliphatic hydroxyl groups is 1. The van der Waals surface area contributed by atoms with Crippen molar-refractivity contribution in [2.24, 2.45) is 5.92 Å². The third-order valence-corrected chi connectivity index (χ3v) is 8.40. The molecule has 1 saturated heterocycles. The van der Waals surface area contributed by atoms with Crippen LogP contribution in [0.4, 0.5) is 0 Å². The Balaban J connectivity index is 1.77. The second kappa shape index (κ2) is 13.2. The van der Waals surface area contributed by atoms with Crippen LogP contribution in [-0.2, 0) is 27.3 Å². The summed E-state index contributed by atoms with van der Waals surface area (Å²) in [5.74, 6) is -0.346. The van der Waals surface area contributed by atoms with Crippen molar-refractivity contribution in [2.75, 3.05) is 13.0 Å². The SMILES string of the molecule is CC[C@@H](C)C(=O)N[C@@H](Cc1ccccc1)[C@H](O)C(=O)N1CSC(C)(C)[C@H]1C(=O)NCc1ccc(OC)cc1. The number of aliphatic hydroxyl groups excluding tert-OH is 1. The summed E-state index contributed by atoms with van der Waals surface area (Å²) in [6.07, 6.45) is -0.578. The first-order valence-corrected chi connectivity index (χ1v) is 13.9. The van der Waals surface area contributed by atoms with E-state index in [4.69, 9.17) is 4.74 Å². The summed E-state index contributed by atoms with van der Waals surface area (Å²) in [6, 6.07) is 15.2. The zero-order valence-corrected chi connectivity index (χ0v) is 23.6. The fourth-order valence-corrected chi connectivity index (χ4v) is 5.54. The van der Waals surface area contributed by atoms with Crippen LogP contribution >= 0.6 is 11.8 Å². The zero-order chi connectivity index (χ0) is 27.9. The summed E-state index contributed by atoms with van der Waals surface area (Å²) in [6.45, 7) is 7.86. The van der Waals surface area contributed by atoms with Gasteiger partial charge in [0.1, 0.15) is 11.8 Å². The van der Waals surface area contributed by atoms with Gasteiger partial charge in [-0.05, 0) is 49.9 Å². The van der Waals surface area contributed by atoms with E-state index in [2.05, 4.69) is 10.6 Å². The molecule has 1 fully saturated rings. The molecule has 0 saturated carbocycles. The monoisotopic (exact) mass is 541 g/mol. The standard InChI is InChI=1S/C29H39N3O5S/c1-6-19(2)26(34)31-23(16-20-10-8-7-9-11-20)24(33)28(36)32-18-38-29(3,4)25(32)27(35)30-17-21-12-14-22(37-5)15-13-21/h7-15,19,23-25,33H,6,16-18H2,1-5H3,(H,30,35)(H,31,34)/t19-,23+,24+,25-/m1/s1. The highest BCUT2D eigenvalue weighted by molar-refractivity contribution is 8.00. The average molecular weight is 542 g/mol. The first kappa shape index (κ1) is 29.5. The highest BCUT2D eigenvalue weighted by Gasteiger charge is 2.49. The van der Waals surface area contributed by atoms with Gasteiger partial charge in [-0.25, -0.2) is 0 Å². The molecule has 1 aliphatic rings. The second-order valence-electron chi connectivity index (χ2n) is 10.2. The van der Waals surface area contributed by atoms with Crippen molar-refractivity contribution >= 4 is 29.5 Å². The topological polar surface area (TPSA) is 108 Å². The van der Waals surface area contributed by atoms with E-state index in [1.165, 1.54) is 16.7 Å². The van der Waals surface area contributed by atoms with Crippen molar-refractivity contribution in [1.29, 1.82) is 0 Å². The minimum absolute atomic E-state index is 0.217. The van der Waals surface area contributed by atoms with E-state index >= 15 is 0 Å². The van der Waals surface area contributed by atoms with E-state index in [9.17, 15) is 19.5 Å². The molecule has 38 heavy (non-hydrogen) atoms. The third-order valence-electron chi connectivity index (χ3n) is 7.02. The van der Waals surface area contributed by atoms with Crippen LogP contribution in [-0.4, -0.2) is 63.6 Å². The minimum atomic E-state index is -1.50. The summed E-state index contributed by atoms with van der Waals surface area (Å²) < 4.78 is 4.62. The van der Waals surface area contributed by atoms with E-state index in [0.29, 0.717) is 13.0 Å². The van der Waals surface area contributed by atoms with Gasteiger partial charge in [-0.15, -0.1) is 11.8 Å². The summed E-state index contributed by atoms with van der Waals surface area (Å²) in [7, 11) is 1.59. The van der Waals surface area contributed by atoms with Crippen molar-refractivity contribution in [3.8, 4) is 5.75 Å². The van der Waals surface area contributed by atoms with Crippen molar-refractivity contribution in [2.45, 2.75) is 70.0 Å². The number of ether oxygens (including phenoxy) is 1. The molecule has 1 heterocycles. The Morgan fingerprint density at radius 1 is 1.11 bits per heavy atom. The molecule has 0 aromatic heterocycles. The van der Waals surface area contributed by atoms with Crippen LogP contribution in [0.3, 0.4) is 0 Å². The normalized spacial score (nSPS) is 18.8. The Kier molecular flexibility index (Phi) is 10.2. The molecule has 0 unspecified atom stereocenters. The lowest BCUT2D eigenvalue weighted by atomic mass is 9.96. The summed E-state index contributed by atoms with van der Waals surface area (Å²) in [5, 5.41) is 17.1. The van der Waals surface area contributed by atoms with Crippen molar-refractivity contribution < 1.29 is 24.2 Å². The van der Waals surface area contributed by atoms with Crippen LogP contribution < -0.4 is 15.4 Å². The van der Waals surface area contributed by atoms with Gasteiger partial charge in [-0.2, -0.15) is 0 Å². The van der Waals surface area contributed by atoms with Gasteiger partial charge in [0, 0.05) is 17.2 Å². The van der Waals surface area contributed by atoms with Crippen molar-refractivity contribution in [3.63, 3.8) is 0 Å². The highest BCUT2D eigenvalue weighted by atomic mass is 32.2. The molecule has 4 atom stereocenters. The van der Waals surface area contributed by atoms with E-state index in [1.54, 1.807) is 7.11 Å². The Hall–Kier alpha value is -3.04. The molecule has 3 rings (SSSR count). The number of methoxy groups -OCH3 is 1. The molecule has 2 aromatic rings. The fourth-order valence-electron chi connectivity index (χ4n) is 4.40. The van der Waals surface area contributed by atoms with Gasteiger partial charge in [0.15, 0.2) is 6.10 Å². The number of hydrogen-bond donors (Lipinski definition) is 3. The number of carbonyl (C=O) groups is 3. The molecule has 206 valence electrons. The maximum Gasteiger partial charge on any atom is 0.254 e. The van der Waals surface area contributed by atoms with Gasteiger partial charge in [-0.1, -0.05) is 56.3 Å². The van der Waals surface area contributed by atoms with Crippen molar-refractivity contribution in [3.05, 3.63) is 65.7 Å². The molecule has 1 aliphatic heterocycles. The van der Waals surface area contributed by atoms with Gasteiger partial charge in [0.05, 0.1) is 19.0 Å². The summed E-state index contributed by atoms with van der Waals surface area (Å²) in [4.78, 5) is 41.2. The Bertz CT molecular complexity index is 1090. The maximum absolute atomic E-state index is 13.7. The van der Waals surface area contributed by atoms with Gasteiger partial charge in [-0.3, -0.25) is 14.4 Å². The first-order chi connectivity index (χ1) is 18.1. The smallest absolute Gasteiger partial charge is 0.254 e. The Labute approximate surface area is 229 Å². The van der Waals surface area contributed by atoms with Crippen LogP contribution in [0.1, 0.15) is 45.2 Å². The average Bonchev–Trinajstić information content (AvgIpc) is 3.25. The molecule has 0 radical (unpaired) electrons. The Morgan fingerprint density at radius 3 is 2.37 bits per heavy atom. The van der Waals surface area contributed by atoms with Gasteiger partial charge < -0.3 is 25.4 Å². The highest BCUT2D eigenvalue weighted by Crippen LogP contribution is 2.40. The van der Waals surface area contributed by atoms with Gasteiger partial charge in [0.25, 0.3) is 5.91 Å². The Morgan fingerprint density at radius 2 is 1.76 bits per heavy atom. The molecule has 3 N–H and O–H groups in total. The second-order valence-corrected chi connectivity index (χ2v) is 11.8. The molecular weight excluding hydrogens is 502 g/mol. The van der Waals surface area contributed by atoms with Crippen LogP contribution in [0, 0.1) is 5.92 Å². The predicted molar refractivity (Wildman–Crippen MR) is 150 cm³/mol. The number of hydrogen-bond acceptors (Lipinski definition) is 6. The number of nitrogens with one attached hydrogen (secondary N) is 2. The van der Waals surface area contributed by atoms with Crippen LogP contribution in [0.5, 0.6) is 5.75 Å². The molecule has 9 heteroatoms. The molecule has 2 aromatic carbocycles. The fraction of sp³-hybridized carbons (Fsp3) is 0.483. The largest absolute Gasteiger partial charge is 0.497 e. The molecule has 0 spiro atoms. The maximum atomic E-state index is 13.7. The zero-order valence-electron chi connectivity index (χ0n) is 22.8.